The van der Waals surface area contributed by atoms with E-state index in [1.54, 1.807) is 11.8 Å². The molecule has 0 radical (unpaired) electrons. The predicted molar refractivity (Wildman–Crippen MR) is 63.0 cm³/mol. The first-order chi connectivity index (χ1) is 7.04. The molecule has 0 aromatic rings. The lowest BCUT2D eigenvalue weighted by Crippen LogP contribution is -2.37. The summed E-state index contributed by atoms with van der Waals surface area (Å²) in [6, 6.07) is 0. The van der Waals surface area contributed by atoms with Crippen LogP contribution in [-0.4, -0.2) is 29.0 Å². The van der Waals surface area contributed by atoms with E-state index in [0.717, 1.165) is 24.3 Å². The first-order valence-corrected chi connectivity index (χ1v) is 6.92. The zero-order valence-corrected chi connectivity index (χ0v) is 10.4. The molecule has 15 heavy (non-hydrogen) atoms. The molecule has 2 fully saturated rings. The van der Waals surface area contributed by atoms with Gasteiger partial charge in [-0.05, 0) is 29.9 Å². The molecule has 1 N–H and O–H groups in total. The fraction of sp³-hybridized carbons (Fsp3) is 0.917. The lowest BCUT2D eigenvalue weighted by atomic mass is 9.70. The van der Waals surface area contributed by atoms with Gasteiger partial charge in [-0.2, -0.15) is 11.8 Å². The molecular weight excluding hydrogens is 208 g/mol. The highest BCUT2D eigenvalue weighted by Gasteiger charge is 2.63. The van der Waals surface area contributed by atoms with Crippen LogP contribution in [0.2, 0.25) is 0 Å². The second-order valence-corrected chi connectivity index (χ2v) is 6.49. The van der Waals surface area contributed by atoms with Crippen molar-refractivity contribution < 1.29 is 9.90 Å². The van der Waals surface area contributed by atoms with Crippen LogP contribution in [0.4, 0.5) is 0 Å². The molecule has 3 heteroatoms. The van der Waals surface area contributed by atoms with Gasteiger partial charge < -0.3 is 5.11 Å². The summed E-state index contributed by atoms with van der Waals surface area (Å²) in [5.41, 5.74) is 0.115. The SMILES string of the molecule is C[C@]12CC[C@H](CC1=O)[C@@]2(C)CSCCO. The van der Waals surface area contributed by atoms with Crippen molar-refractivity contribution in [1.82, 2.24) is 0 Å². The molecule has 0 aromatic carbocycles. The Morgan fingerprint density at radius 1 is 1.53 bits per heavy atom. The molecule has 2 aliphatic carbocycles. The number of hydrogen-bond acceptors (Lipinski definition) is 3. The molecule has 3 atom stereocenters. The second-order valence-electron chi connectivity index (χ2n) is 5.39. The molecule has 2 nitrogen and oxygen atoms in total. The summed E-state index contributed by atoms with van der Waals surface area (Å²) in [6.45, 7) is 4.68. The van der Waals surface area contributed by atoms with Crippen LogP contribution in [0.25, 0.3) is 0 Å². The lowest BCUT2D eigenvalue weighted by Gasteiger charge is -2.36. The molecular formula is C12H20O2S. The zero-order valence-electron chi connectivity index (χ0n) is 9.58. The Bertz CT molecular complexity index is 279. The predicted octanol–water partition coefficient (Wildman–Crippen LogP) is 2.11. The van der Waals surface area contributed by atoms with Crippen LogP contribution in [0.1, 0.15) is 33.1 Å². The van der Waals surface area contributed by atoms with E-state index in [0.29, 0.717) is 11.7 Å². The Hall–Kier alpha value is -0.0200. The standard InChI is InChI=1S/C12H20O2S/c1-11-4-3-9(7-10(11)14)12(11,2)8-15-6-5-13/h9,13H,3-8H2,1-2H3/t9-,11+,12-/m1/s1. The van der Waals surface area contributed by atoms with Crippen molar-refractivity contribution in [3.8, 4) is 0 Å². The number of hydrogen-bond donors (Lipinski definition) is 1. The Labute approximate surface area is 95.8 Å². The van der Waals surface area contributed by atoms with E-state index < -0.39 is 0 Å². The van der Waals surface area contributed by atoms with Gasteiger partial charge in [0, 0.05) is 17.6 Å². The summed E-state index contributed by atoms with van der Waals surface area (Å²) < 4.78 is 0. The number of fused-ring (bicyclic) bond motifs is 2. The molecule has 0 aliphatic heterocycles. The van der Waals surface area contributed by atoms with Gasteiger partial charge in [-0.3, -0.25) is 4.79 Å². The van der Waals surface area contributed by atoms with Crippen LogP contribution >= 0.6 is 11.8 Å². The summed E-state index contributed by atoms with van der Waals surface area (Å²) in [5.74, 6) is 2.90. The van der Waals surface area contributed by atoms with Crippen LogP contribution in [0, 0.1) is 16.7 Å². The summed E-state index contributed by atoms with van der Waals surface area (Å²) in [6.07, 6.45) is 3.10. The average Bonchev–Trinajstić information content (AvgIpc) is 2.53. The molecule has 0 saturated heterocycles. The third kappa shape index (κ3) is 1.47. The highest BCUT2D eigenvalue weighted by Crippen LogP contribution is 2.64. The summed E-state index contributed by atoms with van der Waals surface area (Å²) in [4.78, 5) is 11.9. The van der Waals surface area contributed by atoms with E-state index in [4.69, 9.17) is 5.11 Å². The minimum absolute atomic E-state index is 0.0693. The van der Waals surface area contributed by atoms with Gasteiger partial charge in [0.2, 0.25) is 0 Å². The quantitative estimate of drug-likeness (QED) is 0.749. The van der Waals surface area contributed by atoms with Crippen LogP contribution < -0.4 is 0 Å². The number of Topliss-reactive ketones (excluding diaryl/α,β-unsaturated/α-hetero) is 1. The second kappa shape index (κ2) is 3.77. The molecule has 0 heterocycles. The third-order valence-corrected chi connectivity index (χ3v) is 6.11. The van der Waals surface area contributed by atoms with Gasteiger partial charge in [0.05, 0.1) is 6.61 Å². The lowest BCUT2D eigenvalue weighted by molar-refractivity contribution is -0.128. The van der Waals surface area contributed by atoms with Gasteiger partial charge in [-0.25, -0.2) is 0 Å². The van der Waals surface area contributed by atoms with Crippen LogP contribution in [-0.2, 0) is 4.79 Å². The normalized spacial score (nSPS) is 43.9. The van der Waals surface area contributed by atoms with Gasteiger partial charge in [0.25, 0.3) is 0 Å². The maximum atomic E-state index is 11.9. The molecule has 0 aromatic heterocycles. The summed E-state index contributed by atoms with van der Waals surface area (Å²) in [5, 5.41) is 8.80. The van der Waals surface area contributed by atoms with E-state index >= 15 is 0 Å². The molecule has 0 unspecified atom stereocenters. The number of aliphatic hydroxyl groups excluding tert-OH is 1. The Morgan fingerprint density at radius 2 is 2.27 bits per heavy atom. The van der Waals surface area contributed by atoms with Gasteiger partial charge in [-0.15, -0.1) is 0 Å². The topological polar surface area (TPSA) is 37.3 Å². The zero-order chi connectivity index (χ0) is 11.1. The Kier molecular flexibility index (Phi) is 2.89. The fourth-order valence-electron chi connectivity index (χ4n) is 3.38. The van der Waals surface area contributed by atoms with E-state index in [9.17, 15) is 4.79 Å². The van der Waals surface area contributed by atoms with Crippen LogP contribution in [0.5, 0.6) is 0 Å². The molecule has 2 aliphatic rings. The van der Waals surface area contributed by atoms with Crippen molar-refractivity contribution in [2.24, 2.45) is 16.7 Å². The molecule has 2 bridgehead atoms. The smallest absolute Gasteiger partial charge is 0.139 e. The molecule has 0 amide bonds. The highest BCUT2D eigenvalue weighted by molar-refractivity contribution is 7.99. The van der Waals surface area contributed by atoms with E-state index in [1.165, 1.54) is 6.42 Å². The first-order valence-electron chi connectivity index (χ1n) is 5.76. The maximum Gasteiger partial charge on any atom is 0.139 e. The minimum atomic E-state index is -0.0693. The highest BCUT2D eigenvalue weighted by atomic mass is 32.2. The summed E-state index contributed by atoms with van der Waals surface area (Å²) in [7, 11) is 0. The Morgan fingerprint density at radius 3 is 2.73 bits per heavy atom. The van der Waals surface area contributed by atoms with Crippen molar-refractivity contribution in [1.29, 1.82) is 0 Å². The molecule has 86 valence electrons. The molecule has 0 spiro atoms. The van der Waals surface area contributed by atoms with Crippen molar-refractivity contribution >= 4 is 17.5 Å². The van der Waals surface area contributed by atoms with Crippen molar-refractivity contribution in [2.45, 2.75) is 33.1 Å². The van der Waals surface area contributed by atoms with E-state index in [2.05, 4.69) is 13.8 Å². The molecule has 2 rings (SSSR count). The number of aliphatic hydroxyl groups is 1. The summed E-state index contributed by atoms with van der Waals surface area (Å²) >= 11 is 1.80. The van der Waals surface area contributed by atoms with Crippen molar-refractivity contribution in [3.05, 3.63) is 0 Å². The third-order valence-electron chi connectivity index (χ3n) is 4.84. The number of rotatable bonds is 4. The minimum Gasteiger partial charge on any atom is -0.396 e. The van der Waals surface area contributed by atoms with Gasteiger partial charge in [0.15, 0.2) is 0 Å². The average molecular weight is 228 g/mol. The van der Waals surface area contributed by atoms with E-state index in [-0.39, 0.29) is 17.4 Å². The van der Waals surface area contributed by atoms with Crippen molar-refractivity contribution in [3.63, 3.8) is 0 Å². The van der Waals surface area contributed by atoms with Gasteiger partial charge in [-0.1, -0.05) is 13.8 Å². The number of carbonyl (C=O) groups excluding carboxylic acids is 1. The van der Waals surface area contributed by atoms with Gasteiger partial charge >= 0.3 is 0 Å². The van der Waals surface area contributed by atoms with Gasteiger partial charge in [0.1, 0.15) is 5.78 Å². The number of thioether (sulfide) groups is 1. The first kappa shape index (κ1) is 11.5. The van der Waals surface area contributed by atoms with Crippen molar-refractivity contribution in [2.75, 3.05) is 18.1 Å². The molecule has 2 saturated carbocycles. The monoisotopic (exact) mass is 228 g/mol. The van der Waals surface area contributed by atoms with E-state index in [1.807, 2.05) is 0 Å². The fourth-order valence-corrected chi connectivity index (χ4v) is 4.63. The maximum absolute atomic E-state index is 11.9. The van der Waals surface area contributed by atoms with Crippen LogP contribution in [0.15, 0.2) is 0 Å². The van der Waals surface area contributed by atoms with Crippen LogP contribution in [0.3, 0.4) is 0 Å². The number of carbonyl (C=O) groups is 1. The number of ketones is 1. The largest absolute Gasteiger partial charge is 0.396 e. The Balaban J connectivity index is 2.11.